The van der Waals surface area contributed by atoms with Crippen LogP contribution in [0.5, 0.6) is 0 Å². The fraction of sp³-hybridized carbons (Fsp3) is 0.867. The van der Waals surface area contributed by atoms with Crippen molar-refractivity contribution in [3.63, 3.8) is 0 Å². The summed E-state index contributed by atoms with van der Waals surface area (Å²) < 4.78 is 5.30. The van der Waals surface area contributed by atoms with Gasteiger partial charge in [0.1, 0.15) is 5.60 Å². The van der Waals surface area contributed by atoms with Gasteiger partial charge >= 0.3 is 6.09 Å². The summed E-state index contributed by atoms with van der Waals surface area (Å²) in [5, 5.41) is 12.8. The van der Waals surface area contributed by atoms with Crippen molar-refractivity contribution in [2.75, 3.05) is 39.8 Å². The maximum Gasteiger partial charge on any atom is 0.410 e. The number of nitrogens with one attached hydrogen (secondary N) is 1. The number of aliphatic imine (C=N–C) groups is 1. The normalized spacial score (nSPS) is 18.4. The zero-order chi connectivity index (χ0) is 16.8. The number of likely N-dealkylation sites (N-methyl/N-ethyl adjacent to an activating group) is 1. The monoisotopic (exact) mass is 442 g/mol. The average Bonchev–Trinajstić information content (AvgIpc) is 2.82. The van der Waals surface area contributed by atoms with E-state index in [1.165, 1.54) is 4.90 Å². The third-order valence-corrected chi connectivity index (χ3v) is 3.20. The molecule has 8 heteroatoms. The van der Waals surface area contributed by atoms with E-state index < -0.39 is 5.60 Å². The summed E-state index contributed by atoms with van der Waals surface area (Å²) in [5.74, 6) is 0.789. The molecule has 1 aliphatic heterocycles. The number of hydrogen-bond acceptors (Lipinski definition) is 4. The fourth-order valence-corrected chi connectivity index (χ4v) is 2.10. The predicted octanol–water partition coefficient (Wildman–Crippen LogP) is 1.50. The van der Waals surface area contributed by atoms with E-state index in [2.05, 4.69) is 10.3 Å². The van der Waals surface area contributed by atoms with Crippen molar-refractivity contribution in [1.82, 2.24) is 15.1 Å². The third-order valence-electron chi connectivity index (χ3n) is 3.20. The lowest BCUT2D eigenvalue weighted by molar-refractivity contribution is 0.0304. The van der Waals surface area contributed by atoms with E-state index in [0.717, 1.165) is 25.5 Å². The molecule has 0 aromatic carbocycles. The molecule has 0 saturated carbocycles. The number of carbonyl (C=O) groups is 1. The number of β-amino-alcohol motifs (C(OH)–C–C–N with tert-alkyl or cyclic N) is 1. The van der Waals surface area contributed by atoms with Crippen LogP contribution in [-0.4, -0.2) is 78.4 Å². The summed E-state index contributed by atoms with van der Waals surface area (Å²) in [6.07, 6.45) is 0.139. The molecule has 2 N–H and O–H groups in total. The molecule has 0 unspecified atom stereocenters. The van der Waals surface area contributed by atoms with E-state index in [4.69, 9.17) is 4.74 Å². The molecule has 0 bridgehead atoms. The first-order valence-corrected chi connectivity index (χ1v) is 7.88. The number of aliphatic hydroxyl groups excluding tert-OH is 1. The average molecular weight is 442 g/mol. The Hall–Kier alpha value is -0.770. The number of halogens is 1. The second kappa shape index (κ2) is 10.2. The number of nitrogens with zero attached hydrogens (tertiary/aromatic N) is 3. The lowest BCUT2D eigenvalue weighted by Crippen LogP contribution is -2.41. The molecule has 7 nitrogen and oxygen atoms in total. The van der Waals surface area contributed by atoms with E-state index in [9.17, 15) is 9.90 Å². The highest BCUT2D eigenvalue weighted by Gasteiger charge is 2.23. The number of rotatable bonds is 4. The first-order valence-electron chi connectivity index (χ1n) is 7.88. The van der Waals surface area contributed by atoms with Gasteiger partial charge in [0.05, 0.1) is 12.6 Å². The van der Waals surface area contributed by atoms with Crippen molar-refractivity contribution in [2.45, 2.75) is 45.8 Å². The molecular weight excluding hydrogens is 411 g/mol. The van der Waals surface area contributed by atoms with Crippen molar-refractivity contribution < 1.29 is 14.6 Å². The summed E-state index contributed by atoms with van der Waals surface area (Å²) in [6, 6.07) is 0. The summed E-state index contributed by atoms with van der Waals surface area (Å²) >= 11 is 0. The van der Waals surface area contributed by atoms with Gasteiger partial charge in [-0.15, -0.1) is 24.0 Å². The number of hydrogen-bond donors (Lipinski definition) is 2. The maximum absolute atomic E-state index is 11.9. The van der Waals surface area contributed by atoms with Gasteiger partial charge in [-0.1, -0.05) is 0 Å². The van der Waals surface area contributed by atoms with Crippen LogP contribution in [0.15, 0.2) is 4.99 Å². The molecule has 0 aromatic rings. The van der Waals surface area contributed by atoms with Gasteiger partial charge in [-0.05, 0) is 34.1 Å². The van der Waals surface area contributed by atoms with Gasteiger partial charge < -0.3 is 25.0 Å². The minimum Gasteiger partial charge on any atom is -0.444 e. The molecule has 23 heavy (non-hydrogen) atoms. The molecule has 0 aromatic heterocycles. The van der Waals surface area contributed by atoms with E-state index in [1.807, 2.05) is 32.6 Å². The quantitative estimate of drug-likeness (QED) is 0.392. The highest BCUT2D eigenvalue weighted by Crippen LogP contribution is 2.10. The molecule has 1 atom stereocenters. The van der Waals surface area contributed by atoms with E-state index >= 15 is 0 Å². The number of guanidine groups is 1. The molecule has 136 valence electrons. The molecule has 1 fully saturated rings. The number of amides is 1. The van der Waals surface area contributed by atoms with Gasteiger partial charge in [0.25, 0.3) is 0 Å². The Morgan fingerprint density at radius 1 is 1.48 bits per heavy atom. The first-order chi connectivity index (χ1) is 10.2. The Kier molecular flexibility index (Phi) is 9.83. The van der Waals surface area contributed by atoms with Crippen LogP contribution in [-0.2, 0) is 4.74 Å². The van der Waals surface area contributed by atoms with Crippen LogP contribution in [0.1, 0.15) is 34.1 Å². The van der Waals surface area contributed by atoms with Crippen molar-refractivity contribution in [1.29, 1.82) is 0 Å². The Balaban J connectivity index is 0.00000484. The van der Waals surface area contributed by atoms with Crippen LogP contribution in [0, 0.1) is 0 Å². The Morgan fingerprint density at radius 2 is 2.13 bits per heavy atom. The summed E-state index contributed by atoms with van der Waals surface area (Å²) in [5.41, 5.74) is -0.491. The lowest BCUT2D eigenvalue weighted by Gasteiger charge is -2.25. The zero-order valence-electron chi connectivity index (χ0n) is 14.8. The molecule has 1 amide bonds. The second-order valence-corrected chi connectivity index (χ2v) is 6.53. The molecule has 0 radical (unpaired) electrons. The smallest absolute Gasteiger partial charge is 0.410 e. The molecule has 1 saturated heterocycles. The third kappa shape index (κ3) is 8.59. The molecule has 1 aliphatic rings. The minimum atomic E-state index is -0.491. The lowest BCUT2D eigenvalue weighted by atomic mass is 10.2. The zero-order valence-corrected chi connectivity index (χ0v) is 17.2. The Morgan fingerprint density at radius 3 is 2.61 bits per heavy atom. The summed E-state index contributed by atoms with van der Waals surface area (Å²) in [4.78, 5) is 19.9. The predicted molar refractivity (Wildman–Crippen MR) is 102 cm³/mol. The van der Waals surface area contributed by atoms with Crippen LogP contribution in [0.4, 0.5) is 4.79 Å². The van der Waals surface area contributed by atoms with Crippen molar-refractivity contribution in [2.24, 2.45) is 4.99 Å². The van der Waals surface area contributed by atoms with Crippen molar-refractivity contribution in [3.8, 4) is 0 Å². The largest absolute Gasteiger partial charge is 0.444 e. The van der Waals surface area contributed by atoms with E-state index in [1.54, 1.807) is 7.05 Å². The first kappa shape index (κ1) is 22.2. The highest BCUT2D eigenvalue weighted by molar-refractivity contribution is 14.0. The Bertz CT molecular complexity index is 399. The van der Waals surface area contributed by atoms with Gasteiger partial charge in [-0.2, -0.15) is 0 Å². The number of carbonyl (C=O) groups excluding carboxylic acids is 1. The number of aliphatic hydroxyl groups is 1. The SMILES string of the molecule is CCNC(=NCCN(C)C(=O)OC(C)(C)C)N1CC[C@@H](O)C1.I. The standard InChI is InChI=1S/C15H30N4O3.HI/c1-6-16-13(19-9-7-12(20)11-19)17-8-10-18(5)14(21)22-15(2,3)4;/h12,20H,6-11H2,1-5H3,(H,16,17);1H/t12-;/m1./s1. The topological polar surface area (TPSA) is 77.4 Å². The highest BCUT2D eigenvalue weighted by atomic mass is 127. The van der Waals surface area contributed by atoms with Gasteiger partial charge in [0, 0.05) is 33.2 Å². The van der Waals surface area contributed by atoms with Gasteiger partial charge in [0.2, 0.25) is 0 Å². The molecule has 1 rings (SSSR count). The molecule has 0 aliphatic carbocycles. The second-order valence-electron chi connectivity index (χ2n) is 6.53. The van der Waals surface area contributed by atoms with Gasteiger partial charge in [0.15, 0.2) is 5.96 Å². The van der Waals surface area contributed by atoms with Crippen molar-refractivity contribution >= 4 is 36.0 Å². The summed E-state index contributed by atoms with van der Waals surface area (Å²) in [7, 11) is 1.70. The van der Waals surface area contributed by atoms with E-state index in [0.29, 0.717) is 19.6 Å². The number of likely N-dealkylation sites (tertiary alicyclic amines) is 1. The van der Waals surface area contributed by atoms with Crippen LogP contribution in [0.2, 0.25) is 0 Å². The summed E-state index contributed by atoms with van der Waals surface area (Å²) in [6.45, 7) is 10.7. The van der Waals surface area contributed by atoms with Gasteiger partial charge in [-0.25, -0.2) is 4.79 Å². The molecular formula is C15H31IN4O3. The number of ether oxygens (including phenoxy) is 1. The Labute approximate surface area is 156 Å². The van der Waals surface area contributed by atoms with Crippen molar-refractivity contribution in [3.05, 3.63) is 0 Å². The maximum atomic E-state index is 11.9. The van der Waals surface area contributed by atoms with Gasteiger partial charge in [-0.3, -0.25) is 4.99 Å². The molecule has 0 spiro atoms. The van der Waals surface area contributed by atoms with Crippen LogP contribution in [0.3, 0.4) is 0 Å². The van der Waals surface area contributed by atoms with Crippen LogP contribution < -0.4 is 5.32 Å². The van der Waals surface area contributed by atoms with E-state index in [-0.39, 0.29) is 36.2 Å². The van der Waals surface area contributed by atoms with Crippen LogP contribution >= 0.6 is 24.0 Å². The molecule has 1 heterocycles. The minimum absolute atomic E-state index is 0. The fourth-order valence-electron chi connectivity index (χ4n) is 2.10. The van der Waals surface area contributed by atoms with Crippen LogP contribution in [0.25, 0.3) is 0 Å².